The van der Waals surface area contributed by atoms with Crippen molar-refractivity contribution in [1.29, 1.82) is 0 Å². The highest BCUT2D eigenvalue weighted by Gasteiger charge is 2.25. The summed E-state index contributed by atoms with van der Waals surface area (Å²) in [6.07, 6.45) is 1.88. The maximum Gasteiger partial charge on any atom is 0.158 e. The molecule has 0 atom stereocenters. The zero-order chi connectivity index (χ0) is 26.4. The van der Waals surface area contributed by atoms with Crippen LogP contribution in [0.3, 0.4) is 0 Å². The molecule has 4 nitrogen and oxygen atoms in total. The van der Waals surface area contributed by atoms with E-state index < -0.39 is 0 Å². The van der Waals surface area contributed by atoms with Crippen LogP contribution in [-0.4, -0.2) is 20.4 Å². The van der Waals surface area contributed by atoms with Crippen LogP contribution in [0.25, 0.3) is 33.0 Å². The zero-order valence-corrected chi connectivity index (χ0v) is 22.0. The summed E-state index contributed by atoms with van der Waals surface area (Å²) in [4.78, 5) is 0. The van der Waals surface area contributed by atoms with Crippen LogP contribution >= 0.6 is 0 Å². The van der Waals surface area contributed by atoms with Gasteiger partial charge in [0.05, 0.1) is 0 Å². The lowest BCUT2D eigenvalue weighted by Crippen LogP contribution is -2.17. The molecule has 4 aromatic carbocycles. The molecule has 188 valence electrons. The molecule has 0 aliphatic carbocycles. The smallest absolute Gasteiger partial charge is 0.158 e. The van der Waals surface area contributed by atoms with Crippen molar-refractivity contribution in [2.75, 3.05) is 0 Å². The molecule has 0 aliphatic rings. The molecule has 0 amide bonds. The van der Waals surface area contributed by atoms with Crippen molar-refractivity contribution in [3.05, 3.63) is 71.8 Å². The SMILES string of the molecule is CCC(C)(C)c1cc(-c2ccc(O)c(O)c2)c2cc(C(C)(C)CC)cc(-c3ccc(O)c(O)c3)c2c1. The van der Waals surface area contributed by atoms with Crippen molar-refractivity contribution < 1.29 is 20.4 Å². The third kappa shape index (κ3) is 4.48. The topological polar surface area (TPSA) is 80.9 Å². The Hall–Kier alpha value is -3.66. The molecular formula is C32H36O4. The van der Waals surface area contributed by atoms with Gasteiger partial charge in [-0.3, -0.25) is 0 Å². The van der Waals surface area contributed by atoms with E-state index >= 15 is 0 Å². The van der Waals surface area contributed by atoms with Gasteiger partial charge in [-0.15, -0.1) is 0 Å². The minimum atomic E-state index is -0.158. The van der Waals surface area contributed by atoms with Crippen molar-refractivity contribution in [3.8, 4) is 45.3 Å². The van der Waals surface area contributed by atoms with Gasteiger partial charge in [-0.1, -0.05) is 53.7 Å². The van der Waals surface area contributed by atoms with Crippen molar-refractivity contribution in [3.63, 3.8) is 0 Å². The van der Waals surface area contributed by atoms with E-state index in [9.17, 15) is 20.4 Å². The molecule has 0 unspecified atom stereocenters. The third-order valence-electron chi connectivity index (χ3n) is 7.97. The van der Waals surface area contributed by atoms with E-state index in [2.05, 4.69) is 65.8 Å². The van der Waals surface area contributed by atoms with Crippen molar-refractivity contribution in [2.24, 2.45) is 0 Å². The van der Waals surface area contributed by atoms with Gasteiger partial charge in [0.15, 0.2) is 23.0 Å². The molecular weight excluding hydrogens is 448 g/mol. The van der Waals surface area contributed by atoms with Crippen LogP contribution in [0.4, 0.5) is 0 Å². The van der Waals surface area contributed by atoms with Crippen LogP contribution in [0.5, 0.6) is 23.0 Å². The predicted molar refractivity (Wildman–Crippen MR) is 148 cm³/mol. The van der Waals surface area contributed by atoms with Gasteiger partial charge in [0, 0.05) is 0 Å². The number of benzene rings is 4. The quantitative estimate of drug-likeness (QED) is 0.207. The van der Waals surface area contributed by atoms with Crippen LogP contribution in [0.15, 0.2) is 60.7 Å². The number of phenols is 4. The molecule has 0 bridgehead atoms. The van der Waals surface area contributed by atoms with Gasteiger partial charge in [0.1, 0.15) is 0 Å². The lowest BCUT2D eigenvalue weighted by molar-refractivity contribution is 0.404. The van der Waals surface area contributed by atoms with Crippen molar-refractivity contribution in [2.45, 2.75) is 65.2 Å². The fourth-order valence-electron chi connectivity index (χ4n) is 4.51. The Morgan fingerprint density at radius 1 is 0.500 bits per heavy atom. The lowest BCUT2D eigenvalue weighted by atomic mass is 9.76. The van der Waals surface area contributed by atoms with E-state index in [-0.39, 0.29) is 33.8 Å². The first-order chi connectivity index (χ1) is 16.9. The first kappa shape index (κ1) is 25.4. The second kappa shape index (κ2) is 9.09. The van der Waals surface area contributed by atoms with E-state index in [4.69, 9.17) is 0 Å². The Morgan fingerprint density at radius 3 is 1.17 bits per heavy atom. The van der Waals surface area contributed by atoms with E-state index in [1.807, 2.05) is 12.1 Å². The molecule has 0 radical (unpaired) electrons. The molecule has 0 aliphatic heterocycles. The number of rotatable bonds is 6. The maximum atomic E-state index is 10.3. The van der Waals surface area contributed by atoms with Gasteiger partial charge in [0.25, 0.3) is 0 Å². The molecule has 4 heteroatoms. The van der Waals surface area contributed by atoms with E-state index in [0.29, 0.717) is 0 Å². The van der Waals surface area contributed by atoms with Crippen molar-refractivity contribution in [1.82, 2.24) is 0 Å². The Morgan fingerprint density at radius 2 is 0.861 bits per heavy atom. The molecule has 4 aromatic rings. The minimum Gasteiger partial charge on any atom is -0.504 e. The molecule has 0 spiro atoms. The summed E-state index contributed by atoms with van der Waals surface area (Å²) in [6, 6.07) is 18.8. The Bertz CT molecular complexity index is 1340. The van der Waals surface area contributed by atoms with E-state index in [1.54, 1.807) is 12.1 Å². The van der Waals surface area contributed by atoms with Crippen LogP contribution in [-0.2, 0) is 10.8 Å². The molecule has 36 heavy (non-hydrogen) atoms. The standard InChI is InChI=1S/C32H36O4/c1-7-31(3,4)21-15-23(19-9-11-27(33)29(35)13-19)26-18-22(32(5,6)8-2)16-24(25(26)17-21)20-10-12-28(34)30(36)14-20/h9-18,33-36H,7-8H2,1-6H3. The fraction of sp³-hybridized carbons (Fsp3) is 0.312. The summed E-state index contributed by atoms with van der Waals surface area (Å²) in [6.45, 7) is 13.2. The molecule has 0 saturated carbocycles. The first-order valence-corrected chi connectivity index (χ1v) is 12.6. The summed E-state index contributed by atoms with van der Waals surface area (Å²) in [5.41, 5.74) is 5.69. The van der Waals surface area contributed by atoms with Crippen molar-refractivity contribution >= 4 is 10.8 Å². The Kier molecular flexibility index (Phi) is 6.42. The molecule has 0 aromatic heterocycles. The highest BCUT2D eigenvalue weighted by Crippen LogP contribution is 2.44. The number of phenolic OH excluding ortho intramolecular Hbond substituents is 4. The second-order valence-electron chi connectivity index (χ2n) is 11.0. The average molecular weight is 485 g/mol. The summed E-state index contributed by atoms with van der Waals surface area (Å²) < 4.78 is 0. The zero-order valence-electron chi connectivity index (χ0n) is 22.0. The largest absolute Gasteiger partial charge is 0.504 e. The number of aromatic hydroxyl groups is 4. The van der Waals surface area contributed by atoms with E-state index in [1.165, 1.54) is 12.1 Å². The Balaban J connectivity index is 2.19. The molecule has 0 fully saturated rings. The minimum absolute atomic E-state index is 0.0996. The monoisotopic (exact) mass is 484 g/mol. The Labute approximate surface area is 213 Å². The van der Waals surface area contributed by atoms with Crippen LogP contribution in [0, 0.1) is 0 Å². The fourth-order valence-corrected chi connectivity index (χ4v) is 4.51. The number of hydrogen-bond donors (Lipinski definition) is 4. The normalized spacial score (nSPS) is 12.3. The van der Waals surface area contributed by atoms with Gasteiger partial charge in [-0.25, -0.2) is 0 Å². The van der Waals surface area contributed by atoms with Gasteiger partial charge in [-0.2, -0.15) is 0 Å². The number of fused-ring (bicyclic) bond motifs is 1. The lowest BCUT2D eigenvalue weighted by Gasteiger charge is -2.28. The van der Waals surface area contributed by atoms with Gasteiger partial charge in [0.2, 0.25) is 0 Å². The summed E-state index contributed by atoms with van der Waals surface area (Å²) in [7, 11) is 0. The first-order valence-electron chi connectivity index (χ1n) is 12.6. The maximum absolute atomic E-state index is 10.3. The van der Waals surface area contributed by atoms with Crippen LogP contribution in [0.2, 0.25) is 0 Å². The van der Waals surface area contributed by atoms with Crippen LogP contribution in [0.1, 0.15) is 65.5 Å². The molecule has 4 rings (SSSR count). The average Bonchev–Trinajstić information content (AvgIpc) is 2.86. The molecule has 4 N–H and O–H groups in total. The summed E-state index contributed by atoms with van der Waals surface area (Å²) in [5, 5.41) is 42.6. The second-order valence-corrected chi connectivity index (χ2v) is 11.0. The highest BCUT2D eigenvalue weighted by molar-refractivity contribution is 6.06. The number of hydrogen-bond acceptors (Lipinski definition) is 4. The predicted octanol–water partition coefficient (Wildman–Crippen LogP) is 8.37. The molecule has 0 heterocycles. The summed E-state index contributed by atoms with van der Waals surface area (Å²) in [5.74, 6) is -0.619. The van der Waals surface area contributed by atoms with Gasteiger partial charge >= 0.3 is 0 Å². The summed E-state index contributed by atoms with van der Waals surface area (Å²) >= 11 is 0. The van der Waals surface area contributed by atoms with Crippen LogP contribution < -0.4 is 0 Å². The van der Waals surface area contributed by atoms with Gasteiger partial charge < -0.3 is 20.4 Å². The highest BCUT2D eigenvalue weighted by atomic mass is 16.3. The third-order valence-corrected chi connectivity index (χ3v) is 7.97. The van der Waals surface area contributed by atoms with E-state index in [0.717, 1.165) is 57.0 Å². The van der Waals surface area contributed by atoms with Gasteiger partial charge in [-0.05, 0) is 116 Å². The molecule has 0 saturated heterocycles.